The maximum absolute atomic E-state index is 10.7. The third-order valence-corrected chi connectivity index (χ3v) is 7.07. The van der Waals surface area contributed by atoms with Crippen molar-refractivity contribution < 1.29 is 53.9 Å². The highest BCUT2D eigenvalue weighted by Crippen LogP contribution is 2.39. The molecule has 228 valence electrons. The van der Waals surface area contributed by atoms with Gasteiger partial charge < -0.3 is 56.3 Å². The largest absolute Gasteiger partial charge is 0.469 e. The molecular formula is C20H27N10O11P. The first kappa shape index (κ1) is 30.0. The highest BCUT2D eigenvalue weighted by atomic mass is 31.2. The summed E-state index contributed by atoms with van der Waals surface area (Å²) < 4.78 is 28.7. The number of hydrogen-bond acceptors (Lipinski definition) is 17. The van der Waals surface area contributed by atoms with Crippen molar-refractivity contribution in [1.29, 1.82) is 0 Å². The first-order valence-electron chi connectivity index (χ1n) is 12.1. The molecule has 21 nitrogen and oxygen atoms in total. The highest BCUT2D eigenvalue weighted by molar-refractivity contribution is 7.46. The fraction of sp³-hybridized carbons (Fsp3) is 0.500. The molecule has 2 aliphatic rings. The van der Waals surface area contributed by atoms with E-state index in [4.69, 9.17) is 35.8 Å². The van der Waals surface area contributed by atoms with Crippen LogP contribution in [0.2, 0.25) is 0 Å². The molecule has 0 bridgehead atoms. The van der Waals surface area contributed by atoms with Gasteiger partial charge in [-0.25, -0.2) is 34.5 Å². The van der Waals surface area contributed by atoms with Crippen molar-refractivity contribution in [2.45, 2.75) is 49.1 Å². The van der Waals surface area contributed by atoms with Crippen LogP contribution in [0.5, 0.6) is 0 Å². The van der Waals surface area contributed by atoms with Crippen LogP contribution in [0.3, 0.4) is 0 Å². The number of rotatable bonds is 6. The van der Waals surface area contributed by atoms with Crippen molar-refractivity contribution in [1.82, 2.24) is 39.0 Å². The summed E-state index contributed by atoms with van der Waals surface area (Å²) in [5.74, 6) is 0.360. The van der Waals surface area contributed by atoms with Gasteiger partial charge in [-0.1, -0.05) is 0 Å². The molecule has 4 aromatic rings. The molecule has 2 aliphatic heterocycles. The summed E-state index contributed by atoms with van der Waals surface area (Å²) in [7, 11) is -4.72. The van der Waals surface area contributed by atoms with Crippen LogP contribution in [0, 0.1) is 0 Å². The summed E-state index contributed by atoms with van der Waals surface area (Å²) in [5, 5.41) is 48.8. The molecule has 22 heteroatoms. The van der Waals surface area contributed by atoms with E-state index in [0.717, 1.165) is 0 Å². The second-order valence-electron chi connectivity index (χ2n) is 9.23. The monoisotopic (exact) mass is 614 g/mol. The summed E-state index contributed by atoms with van der Waals surface area (Å²) in [5.41, 5.74) is 12.7. The summed E-state index contributed by atoms with van der Waals surface area (Å²) >= 11 is 0. The summed E-state index contributed by atoms with van der Waals surface area (Å²) in [6.45, 7) is -0.985. The van der Waals surface area contributed by atoms with Crippen LogP contribution in [0.4, 0.5) is 11.6 Å². The molecule has 0 spiro atoms. The Balaban J connectivity index is 0.000000171. The molecule has 0 saturated carbocycles. The minimum Gasteiger partial charge on any atom is -0.394 e. The van der Waals surface area contributed by atoms with Crippen LogP contribution in [0.25, 0.3) is 22.3 Å². The lowest BCUT2D eigenvalue weighted by atomic mass is 10.1. The van der Waals surface area contributed by atoms with Gasteiger partial charge >= 0.3 is 7.82 Å². The predicted octanol–water partition coefficient (Wildman–Crippen LogP) is -3.84. The quantitative estimate of drug-likeness (QED) is 0.0938. The van der Waals surface area contributed by atoms with Crippen molar-refractivity contribution in [2.24, 2.45) is 0 Å². The van der Waals surface area contributed by atoms with Gasteiger partial charge in [0, 0.05) is 0 Å². The van der Waals surface area contributed by atoms with Gasteiger partial charge in [-0.05, 0) is 0 Å². The third kappa shape index (κ3) is 5.63. The van der Waals surface area contributed by atoms with Crippen LogP contribution in [-0.2, 0) is 18.6 Å². The van der Waals surface area contributed by atoms with E-state index in [9.17, 15) is 25.0 Å². The Hall–Kier alpha value is -3.47. The Labute approximate surface area is 234 Å². The second kappa shape index (κ2) is 11.7. The van der Waals surface area contributed by atoms with Crippen molar-refractivity contribution in [2.75, 3.05) is 24.7 Å². The molecule has 2 saturated heterocycles. The number of nitrogens with zero attached hydrogens (tertiary/aromatic N) is 8. The number of phosphoric acid groups is 1. The lowest BCUT2D eigenvalue weighted by Crippen LogP contribution is -2.33. The minimum atomic E-state index is -4.72. The average molecular weight is 614 g/mol. The highest BCUT2D eigenvalue weighted by Gasteiger charge is 2.45. The number of ether oxygens (including phenoxy) is 2. The number of phosphoric ester groups is 1. The fourth-order valence-electron chi connectivity index (χ4n) is 4.49. The molecule has 11 N–H and O–H groups in total. The molecule has 0 aromatic carbocycles. The zero-order valence-corrected chi connectivity index (χ0v) is 22.2. The van der Waals surface area contributed by atoms with Gasteiger partial charge in [0.15, 0.2) is 35.4 Å². The van der Waals surface area contributed by atoms with Gasteiger partial charge in [0.05, 0.1) is 25.9 Å². The number of anilines is 2. The number of aliphatic hydroxyl groups excluding tert-OH is 5. The van der Waals surface area contributed by atoms with E-state index < -0.39 is 70.1 Å². The summed E-state index contributed by atoms with van der Waals surface area (Å²) in [6.07, 6.45) is -3.91. The summed E-state index contributed by atoms with van der Waals surface area (Å²) in [4.78, 5) is 41.1. The van der Waals surface area contributed by atoms with E-state index >= 15 is 0 Å². The maximum Gasteiger partial charge on any atom is 0.469 e. The van der Waals surface area contributed by atoms with E-state index in [2.05, 4.69) is 34.4 Å². The predicted molar refractivity (Wildman–Crippen MR) is 136 cm³/mol. The molecule has 4 aromatic heterocycles. The van der Waals surface area contributed by atoms with Crippen molar-refractivity contribution in [3.63, 3.8) is 0 Å². The fourth-order valence-corrected chi connectivity index (χ4v) is 4.83. The Morgan fingerprint density at radius 3 is 1.64 bits per heavy atom. The first-order valence-corrected chi connectivity index (χ1v) is 13.6. The molecule has 6 rings (SSSR count). The van der Waals surface area contributed by atoms with E-state index in [1.165, 1.54) is 34.4 Å². The van der Waals surface area contributed by atoms with E-state index in [0.29, 0.717) is 16.7 Å². The van der Waals surface area contributed by atoms with Crippen LogP contribution >= 0.6 is 7.82 Å². The Morgan fingerprint density at radius 1 is 0.762 bits per heavy atom. The smallest absolute Gasteiger partial charge is 0.394 e. The number of nitrogens with two attached hydrogens (primary N) is 2. The topological polar surface area (TPSA) is 326 Å². The first-order chi connectivity index (χ1) is 19.9. The number of fused-ring (bicyclic) bond motifs is 2. The minimum absolute atomic E-state index is 0.142. The zero-order valence-electron chi connectivity index (χ0n) is 21.3. The van der Waals surface area contributed by atoms with Crippen LogP contribution in [-0.4, -0.2) is 124 Å². The average Bonchev–Trinajstić information content (AvgIpc) is 3.70. The van der Waals surface area contributed by atoms with Gasteiger partial charge in [-0.2, -0.15) is 0 Å². The standard InChI is InChI=1S/C10H14N5O7P.C10H13N5O4/c11-8-5-9(13-2-12-8)15(3-14-5)10-7(17)6(16)4(22-10)1-21-23(18,19)20;11-8-5-9(13-2-12-8)15(3-14-5)10-7(18)6(17)4(1-16)19-10/h2-4,6-7,10,16-17H,1H2,(H2,11,12,13)(H2,18,19,20);2-4,6-7,10,16-18H,1H2,(H2,11,12,13)/t2*4-,6-,7-,10-/m11/s1. The molecule has 6 heterocycles. The van der Waals surface area contributed by atoms with E-state index in [1.54, 1.807) is 0 Å². The molecule has 42 heavy (non-hydrogen) atoms. The van der Waals surface area contributed by atoms with Gasteiger partial charge in [0.2, 0.25) is 0 Å². The van der Waals surface area contributed by atoms with Crippen LogP contribution in [0.15, 0.2) is 25.3 Å². The van der Waals surface area contributed by atoms with Crippen LogP contribution in [0.1, 0.15) is 12.5 Å². The van der Waals surface area contributed by atoms with Gasteiger partial charge in [-0.15, -0.1) is 0 Å². The lowest BCUT2D eigenvalue weighted by molar-refractivity contribution is -0.0511. The van der Waals surface area contributed by atoms with Crippen molar-refractivity contribution in [3.8, 4) is 0 Å². The van der Waals surface area contributed by atoms with Crippen molar-refractivity contribution in [3.05, 3.63) is 25.3 Å². The molecule has 2 fully saturated rings. The normalized spacial score (nSPS) is 29.7. The second-order valence-corrected chi connectivity index (χ2v) is 10.5. The van der Waals surface area contributed by atoms with Crippen molar-refractivity contribution >= 4 is 41.8 Å². The molecule has 0 radical (unpaired) electrons. The van der Waals surface area contributed by atoms with Crippen LogP contribution < -0.4 is 11.5 Å². The molecule has 8 atom stereocenters. The number of nitrogen functional groups attached to an aromatic ring is 2. The summed E-state index contributed by atoms with van der Waals surface area (Å²) in [6, 6.07) is 0. The molecule has 0 aliphatic carbocycles. The number of imidazole rings is 2. The number of hydrogen-bond donors (Lipinski definition) is 9. The molecule has 0 unspecified atom stereocenters. The van der Waals surface area contributed by atoms with E-state index in [1.807, 2.05) is 0 Å². The third-order valence-electron chi connectivity index (χ3n) is 6.58. The zero-order chi connectivity index (χ0) is 30.3. The van der Waals surface area contributed by atoms with Gasteiger partial charge in [0.1, 0.15) is 60.3 Å². The molecular weight excluding hydrogens is 587 g/mol. The Morgan fingerprint density at radius 2 is 1.21 bits per heavy atom. The lowest BCUT2D eigenvalue weighted by Gasteiger charge is -2.16. The maximum atomic E-state index is 10.7. The Kier molecular flexibility index (Phi) is 8.33. The number of aliphatic hydroxyl groups is 5. The van der Waals surface area contributed by atoms with E-state index in [-0.39, 0.29) is 17.3 Å². The Bertz CT molecular complexity index is 1600. The SMILES string of the molecule is Nc1ncnc2c1ncn2[C@@H]1O[C@H](CO)[C@@H](O)[C@H]1O.Nc1ncnc2c1ncn2[C@@H]1O[C@H](COP(=O)(O)O)[C@@H](O)[C@H]1O. The van der Waals surface area contributed by atoms with Gasteiger partial charge in [-0.3, -0.25) is 13.7 Å². The molecule has 0 amide bonds. The number of aromatic nitrogens is 8. The van der Waals surface area contributed by atoms with Gasteiger partial charge in [0.25, 0.3) is 0 Å².